The van der Waals surface area contributed by atoms with Gasteiger partial charge in [-0.3, -0.25) is 9.20 Å². The highest BCUT2D eigenvalue weighted by Crippen LogP contribution is 2.20. The molecule has 0 unspecified atom stereocenters. The lowest BCUT2D eigenvalue weighted by Gasteiger charge is -2.06. The Balaban J connectivity index is 1.81. The van der Waals surface area contributed by atoms with Gasteiger partial charge in [0.25, 0.3) is 5.91 Å². The van der Waals surface area contributed by atoms with Crippen LogP contribution in [-0.4, -0.2) is 20.3 Å². The Hall–Kier alpha value is -3.41. The number of carbonyl (C=O) groups is 1. The van der Waals surface area contributed by atoms with Crippen molar-refractivity contribution in [2.75, 3.05) is 11.1 Å². The van der Waals surface area contributed by atoms with Gasteiger partial charge < -0.3 is 11.1 Å². The van der Waals surface area contributed by atoms with Gasteiger partial charge in [0.2, 0.25) is 0 Å². The number of hydrogen-bond donors (Lipinski definition) is 2. The van der Waals surface area contributed by atoms with Crippen molar-refractivity contribution in [2.24, 2.45) is 0 Å². The smallest absolute Gasteiger partial charge is 0.275 e. The monoisotopic (exact) mass is 303 g/mol. The summed E-state index contributed by atoms with van der Waals surface area (Å²) < 4.78 is 1.79. The number of nitrogens with zero attached hydrogens (tertiary/aromatic N) is 3. The molecule has 0 aliphatic carbocycles. The molecule has 0 saturated heterocycles. The van der Waals surface area contributed by atoms with E-state index < -0.39 is 0 Å². The molecule has 2 aromatic heterocycles. The van der Waals surface area contributed by atoms with E-state index in [1.54, 1.807) is 10.6 Å². The molecule has 6 nitrogen and oxygen atoms in total. The molecule has 4 rings (SSSR count). The van der Waals surface area contributed by atoms with Gasteiger partial charge in [-0.1, -0.05) is 30.3 Å². The lowest BCUT2D eigenvalue weighted by Crippen LogP contribution is -2.15. The van der Waals surface area contributed by atoms with E-state index in [9.17, 15) is 4.79 Å². The molecule has 0 fully saturated rings. The Kier molecular flexibility index (Phi) is 2.94. The maximum atomic E-state index is 12.4. The van der Waals surface area contributed by atoms with Crippen LogP contribution in [0.4, 0.5) is 11.5 Å². The molecule has 0 saturated carbocycles. The van der Waals surface area contributed by atoms with Gasteiger partial charge in [-0.05, 0) is 24.3 Å². The molecule has 6 heteroatoms. The average Bonchev–Trinajstić information content (AvgIpc) is 2.95. The van der Waals surface area contributed by atoms with E-state index in [1.165, 1.54) is 0 Å². The zero-order valence-corrected chi connectivity index (χ0v) is 12.1. The Morgan fingerprint density at radius 2 is 1.74 bits per heavy atom. The van der Waals surface area contributed by atoms with E-state index in [0.717, 1.165) is 11.0 Å². The van der Waals surface area contributed by atoms with Gasteiger partial charge in [0.05, 0.1) is 11.0 Å². The van der Waals surface area contributed by atoms with Gasteiger partial charge in [0.1, 0.15) is 5.69 Å². The van der Waals surface area contributed by atoms with E-state index in [0.29, 0.717) is 11.3 Å². The average molecular weight is 303 g/mol. The first kappa shape index (κ1) is 13.3. The summed E-state index contributed by atoms with van der Waals surface area (Å²) in [4.78, 5) is 21.0. The summed E-state index contributed by atoms with van der Waals surface area (Å²) in [5.74, 6) is -0.0931. The fourth-order valence-electron chi connectivity index (χ4n) is 2.51. The van der Waals surface area contributed by atoms with Crippen molar-refractivity contribution in [3.8, 4) is 0 Å². The van der Waals surface area contributed by atoms with Crippen LogP contribution in [-0.2, 0) is 0 Å². The van der Waals surface area contributed by atoms with Crippen LogP contribution in [0.1, 0.15) is 10.5 Å². The molecular formula is C17H13N5O. The number of para-hydroxylation sites is 3. The normalized spacial score (nSPS) is 11.0. The van der Waals surface area contributed by atoms with Gasteiger partial charge in [-0.15, -0.1) is 0 Å². The minimum Gasteiger partial charge on any atom is -0.381 e. The number of nitrogens with one attached hydrogen (secondary N) is 1. The van der Waals surface area contributed by atoms with Crippen LogP contribution in [0.5, 0.6) is 0 Å². The number of nitrogen functional groups attached to an aromatic ring is 1. The van der Waals surface area contributed by atoms with Crippen LogP contribution < -0.4 is 11.1 Å². The molecule has 0 aliphatic rings. The molecule has 0 spiro atoms. The summed E-state index contributed by atoms with van der Waals surface area (Å²) in [6, 6.07) is 16.8. The third-order valence-electron chi connectivity index (χ3n) is 3.58. The maximum absolute atomic E-state index is 12.4. The zero-order chi connectivity index (χ0) is 15.8. The third-order valence-corrected chi connectivity index (χ3v) is 3.58. The van der Waals surface area contributed by atoms with Gasteiger partial charge in [-0.2, -0.15) is 0 Å². The van der Waals surface area contributed by atoms with Crippen molar-refractivity contribution in [1.29, 1.82) is 0 Å². The van der Waals surface area contributed by atoms with Crippen molar-refractivity contribution in [1.82, 2.24) is 14.4 Å². The summed E-state index contributed by atoms with van der Waals surface area (Å²) in [6.07, 6.45) is 1.65. The number of nitrogens with two attached hydrogens (primary N) is 1. The van der Waals surface area contributed by atoms with Crippen LogP contribution in [0.25, 0.3) is 16.7 Å². The minimum absolute atomic E-state index is 0.224. The molecule has 112 valence electrons. The van der Waals surface area contributed by atoms with Gasteiger partial charge >= 0.3 is 0 Å². The Labute approximate surface area is 131 Å². The second-order valence-corrected chi connectivity index (χ2v) is 5.13. The van der Waals surface area contributed by atoms with Crippen LogP contribution in [0.15, 0.2) is 60.8 Å². The molecule has 2 heterocycles. The number of carbonyl (C=O) groups excluding carboxylic acids is 1. The number of rotatable bonds is 2. The molecule has 0 aliphatic heterocycles. The number of anilines is 2. The quantitative estimate of drug-likeness (QED) is 0.596. The first-order valence-corrected chi connectivity index (χ1v) is 7.12. The maximum Gasteiger partial charge on any atom is 0.275 e. The summed E-state index contributed by atoms with van der Waals surface area (Å²) in [5, 5.41) is 2.80. The van der Waals surface area contributed by atoms with Crippen molar-refractivity contribution in [3.63, 3.8) is 0 Å². The molecular weight excluding hydrogens is 290 g/mol. The molecule has 1 amide bonds. The van der Waals surface area contributed by atoms with Gasteiger partial charge in [0, 0.05) is 11.9 Å². The van der Waals surface area contributed by atoms with E-state index in [1.807, 2.05) is 54.6 Å². The molecule has 3 N–H and O–H groups in total. The van der Waals surface area contributed by atoms with E-state index >= 15 is 0 Å². The summed E-state index contributed by atoms with van der Waals surface area (Å²) in [6.45, 7) is 0. The Bertz CT molecular complexity index is 1020. The van der Waals surface area contributed by atoms with Crippen LogP contribution in [0.3, 0.4) is 0 Å². The highest BCUT2D eigenvalue weighted by Gasteiger charge is 2.14. The van der Waals surface area contributed by atoms with Crippen molar-refractivity contribution >= 4 is 34.1 Å². The highest BCUT2D eigenvalue weighted by molar-refractivity contribution is 6.03. The molecule has 23 heavy (non-hydrogen) atoms. The Morgan fingerprint density at radius 1 is 1.00 bits per heavy atom. The first-order valence-electron chi connectivity index (χ1n) is 7.12. The fraction of sp³-hybridized carbons (Fsp3) is 0. The number of hydrogen-bond acceptors (Lipinski definition) is 4. The predicted octanol–water partition coefficient (Wildman–Crippen LogP) is 2.72. The number of benzene rings is 2. The van der Waals surface area contributed by atoms with Crippen molar-refractivity contribution in [2.45, 2.75) is 0 Å². The largest absolute Gasteiger partial charge is 0.381 e. The highest BCUT2D eigenvalue weighted by atomic mass is 16.1. The van der Waals surface area contributed by atoms with Gasteiger partial charge in [-0.25, -0.2) is 9.97 Å². The summed E-state index contributed by atoms with van der Waals surface area (Å²) in [7, 11) is 0. The van der Waals surface area contributed by atoms with Crippen molar-refractivity contribution in [3.05, 3.63) is 66.5 Å². The second-order valence-electron chi connectivity index (χ2n) is 5.13. The number of imidazole rings is 1. The van der Waals surface area contributed by atoms with Gasteiger partial charge in [0.15, 0.2) is 11.5 Å². The molecule has 0 radical (unpaired) electrons. The third kappa shape index (κ3) is 2.26. The first-order chi connectivity index (χ1) is 11.2. The Morgan fingerprint density at radius 3 is 2.57 bits per heavy atom. The SMILES string of the molecule is Nc1nc(C(=O)Nc2ccccc2)cn2c1nc1ccccc12. The van der Waals surface area contributed by atoms with Crippen LogP contribution >= 0.6 is 0 Å². The van der Waals surface area contributed by atoms with Crippen LogP contribution in [0, 0.1) is 0 Å². The van der Waals surface area contributed by atoms with Crippen molar-refractivity contribution < 1.29 is 4.79 Å². The number of aromatic nitrogens is 3. The number of amides is 1. The lowest BCUT2D eigenvalue weighted by atomic mass is 10.3. The topological polar surface area (TPSA) is 85.3 Å². The van der Waals surface area contributed by atoms with E-state index in [-0.39, 0.29) is 17.4 Å². The minimum atomic E-state index is -0.317. The van der Waals surface area contributed by atoms with E-state index in [2.05, 4.69) is 15.3 Å². The van der Waals surface area contributed by atoms with E-state index in [4.69, 9.17) is 5.73 Å². The summed E-state index contributed by atoms with van der Waals surface area (Å²) in [5.41, 5.74) is 9.15. The number of fused-ring (bicyclic) bond motifs is 3. The molecule has 0 atom stereocenters. The molecule has 2 aromatic carbocycles. The lowest BCUT2D eigenvalue weighted by molar-refractivity contribution is 0.102. The fourth-order valence-corrected chi connectivity index (χ4v) is 2.51. The summed E-state index contributed by atoms with van der Waals surface area (Å²) >= 11 is 0. The van der Waals surface area contributed by atoms with Crippen LogP contribution in [0.2, 0.25) is 0 Å². The predicted molar refractivity (Wildman–Crippen MR) is 89.3 cm³/mol. The standard InChI is InChI=1S/C17H13N5O/c18-15-16-21-12-8-4-5-9-14(12)22(16)10-13(20-15)17(23)19-11-6-2-1-3-7-11/h1-10H,(H2,18,20)(H,19,23). The second kappa shape index (κ2) is 5.10. The molecule has 4 aromatic rings. The molecule has 0 bridgehead atoms. The zero-order valence-electron chi connectivity index (χ0n) is 12.1.